The first-order valence-electron chi connectivity index (χ1n) is 3.46. The third kappa shape index (κ3) is 1.45. The monoisotopic (exact) mass is 157 g/mol. The second kappa shape index (κ2) is 3.09. The standard InChI is InChI=1S/C6H11N3O2/c1-6(3-11-4-6)5(2-10)8-9-7/h5,10H,2-4H2,1H3. The van der Waals surface area contributed by atoms with Crippen LogP contribution < -0.4 is 0 Å². The van der Waals surface area contributed by atoms with Crippen LogP contribution in [0.1, 0.15) is 6.92 Å². The smallest absolute Gasteiger partial charge is 0.0702 e. The van der Waals surface area contributed by atoms with Gasteiger partial charge in [0.15, 0.2) is 0 Å². The number of ether oxygens (including phenoxy) is 1. The summed E-state index contributed by atoms with van der Waals surface area (Å²) in [4.78, 5) is 2.66. The Hall–Kier alpha value is -0.770. The lowest BCUT2D eigenvalue weighted by molar-refractivity contribution is -0.120. The van der Waals surface area contributed by atoms with Gasteiger partial charge in [0.2, 0.25) is 0 Å². The second-order valence-electron chi connectivity index (χ2n) is 3.05. The molecule has 0 amide bonds. The fourth-order valence-corrected chi connectivity index (χ4v) is 1.08. The van der Waals surface area contributed by atoms with Gasteiger partial charge in [-0.2, -0.15) is 0 Å². The third-order valence-corrected chi connectivity index (χ3v) is 2.03. The number of nitrogens with zero attached hydrogens (tertiary/aromatic N) is 3. The van der Waals surface area contributed by atoms with Crippen molar-refractivity contribution in [2.24, 2.45) is 10.5 Å². The first kappa shape index (κ1) is 8.33. The Morgan fingerprint density at radius 3 is 2.73 bits per heavy atom. The maximum Gasteiger partial charge on any atom is 0.0702 e. The van der Waals surface area contributed by atoms with Gasteiger partial charge in [-0.25, -0.2) is 0 Å². The molecule has 0 aromatic rings. The minimum Gasteiger partial charge on any atom is -0.396 e. The lowest BCUT2D eigenvalue weighted by Gasteiger charge is -2.41. The van der Waals surface area contributed by atoms with E-state index in [1.54, 1.807) is 0 Å². The largest absolute Gasteiger partial charge is 0.396 e. The van der Waals surface area contributed by atoms with Gasteiger partial charge in [0.25, 0.3) is 0 Å². The second-order valence-corrected chi connectivity index (χ2v) is 3.05. The van der Waals surface area contributed by atoms with E-state index >= 15 is 0 Å². The van der Waals surface area contributed by atoms with Gasteiger partial charge in [-0.1, -0.05) is 12.0 Å². The highest BCUT2D eigenvalue weighted by molar-refractivity contribution is 4.92. The van der Waals surface area contributed by atoms with E-state index in [0.29, 0.717) is 13.2 Å². The van der Waals surface area contributed by atoms with Gasteiger partial charge in [0, 0.05) is 10.3 Å². The summed E-state index contributed by atoms with van der Waals surface area (Å²) in [6, 6.07) is -0.346. The zero-order valence-electron chi connectivity index (χ0n) is 6.40. The third-order valence-electron chi connectivity index (χ3n) is 2.03. The van der Waals surface area contributed by atoms with Gasteiger partial charge < -0.3 is 9.84 Å². The molecule has 1 aliphatic heterocycles. The molecule has 0 aromatic heterocycles. The predicted octanol–water partition coefficient (Wildman–Crippen LogP) is 0.694. The van der Waals surface area contributed by atoms with Crippen LogP contribution in [0.4, 0.5) is 0 Å². The van der Waals surface area contributed by atoms with Crippen LogP contribution in [0, 0.1) is 5.41 Å². The Morgan fingerprint density at radius 2 is 2.45 bits per heavy atom. The van der Waals surface area contributed by atoms with Crippen LogP contribution in [0.3, 0.4) is 0 Å². The van der Waals surface area contributed by atoms with Gasteiger partial charge in [0.1, 0.15) is 0 Å². The van der Waals surface area contributed by atoms with Crippen LogP contribution in [0.2, 0.25) is 0 Å². The van der Waals surface area contributed by atoms with Gasteiger partial charge in [-0.3, -0.25) is 0 Å². The Balaban J connectivity index is 2.60. The average Bonchev–Trinajstić information content (AvgIpc) is 1.96. The Bertz CT molecular complexity index is 184. The first-order chi connectivity index (χ1) is 5.23. The topological polar surface area (TPSA) is 78.2 Å². The molecule has 1 rings (SSSR count). The van der Waals surface area contributed by atoms with Gasteiger partial charge in [0.05, 0.1) is 25.9 Å². The van der Waals surface area contributed by atoms with Crippen molar-refractivity contribution in [3.8, 4) is 0 Å². The van der Waals surface area contributed by atoms with E-state index in [1.807, 2.05) is 6.92 Å². The molecule has 0 radical (unpaired) electrons. The fourth-order valence-electron chi connectivity index (χ4n) is 1.08. The van der Waals surface area contributed by atoms with Crippen molar-refractivity contribution in [2.75, 3.05) is 19.8 Å². The minimum atomic E-state index is -0.346. The number of aliphatic hydroxyl groups excluding tert-OH is 1. The van der Waals surface area contributed by atoms with Crippen LogP contribution in [0.25, 0.3) is 10.4 Å². The van der Waals surface area contributed by atoms with Crippen molar-refractivity contribution in [3.63, 3.8) is 0 Å². The molecule has 0 aromatic carbocycles. The van der Waals surface area contributed by atoms with Crippen LogP contribution in [0.5, 0.6) is 0 Å². The van der Waals surface area contributed by atoms with E-state index in [9.17, 15) is 0 Å². The molecule has 5 heteroatoms. The SMILES string of the molecule is CC1(C(CO)N=[N+]=[N-])COC1. The van der Waals surface area contributed by atoms with E-state index in [4.69, 9.17) is 15.4 Å². The van der Waals surface area contributed by atoms with E-state index < -0.39 is 0 Å². The molecular formula is C6H11N3O2. The summed E-state index contributed by atoms with van der Waals surface area (Å²) in [6.45, 7) is 2.96. The molecular weight excluding hydrogens is 146 g/mol. The summed E-state index contributed by atoms with van der Waals surface area (Å²) in [5.74, 6) is 0. The van der Waals surface area contributed by atoms with Gasteiger partial charge in [-0.05, 0) is 5.53 Å². The molecule has 5 nitrogen and oxygen atoms in total. The summed E-state index contributed by atoms with van der Waals surface area (Å²) in [5.41, 5.74) is 8.01. The molecule has 1 unspecified atom stereocenters. The summed E-state index contributed by atoms with van der Waals surface area (Å²) in [7, 11) is 0. The van der Waals surface area contributed by atoms with E-state index in [-0.39, 0.29) is 18.1 Å². The summed E-state index contributed by atoms with van der Waals surface area (Å²) in [5, 5.41) is 12.3. The molecule has 1 saturated heterocycles. The molecule has 1 atom stereocenters. The fraction of sp³-hybridized carbons (Fsp3) is 1.00. The number of aliphatic hydroxyl groups is 1. The molecule has 62 valence electrons. The van der Waals surface area contributed by atoms with Crippen LogP contribution in [-0.4, -0.2) is 31.0 Å². The molecule has 1 heterocycles. The molecule has 0 aliphatic carbocycles. The molecule has 0 bridgehead atoms. The quantitative estimate of drug-likeness (QED) is 0.371. The molecule has 1 fully saturated rings. The Kier molecular flexibility index (Phi) is 2.34. The van der Waals surface area contributed by atoms with Gasteiger partial charge >= 0.3 is 0 Å². The molecule has 1 aliphatic rings. The van der Waals surface area contributed by atoms with Crippen LogP contribution in [0.15, 0.2) is 5.11 Å². The summed E-state index contributed by atoms with van der Waals surface area (Å²) in [6.07, 6.45) is 0. The number of hydrogen-bond acceptors (Lipinski definition) is 3. The number of rotatable bonds is 3. The van der Waals surface area contributed by atoms with E-state index in [2.05, 4.69) is 10.0 Å². The molecule has 11 heavy (non-hydrogen) atoms. The number of azide groups is 1. The lowest BCUT2D eigenvalue weighted by Crippen LogP contribution is -2.49. The summed E-state index contributed by atoms with van der Waals surface area (Å²) >= 11 is 0. The highest BCUT2D eigenvalue weighted by Gasteiger charge is 2.40. The van der Waals surface area contributed by atoms with E-state index in [0.717, 1.165) is 0 Å². The summed E-state index contributed by atoms with van der Waals surface area (Å²) < 4.78 is 4.97. The van der Waals surface area contributed by atoms with Crippen LogP contribution in [-0.2, 0) is 4.74 Å². The highest BCUT2D eigenvalue weighted by atomic mass is 16.5. The normalized spacial score (nSPS) is 23.1. The van der Waals surface area contributed by atoms with Crippen molar-refractivity contribution in [1.29, 1.82) is 0 Å². The molecule has 0 saturated carbocycles. The average molecular weight is 157 g/mol. The van der Waals surface area contributed by atoms with Gasteiger partial charge in [-0.15, -0.1) is 0 Å². The van der Waals surface area contributed by atoms with Crippen LogP contribution >= 0.6 is 0 Å². The van der Waals surface area contributed by atoms with E-state index in [1.165, 1.54) is 0 Å². The van der Waals surface area contributed by atoms with Crippen molar-refractivity contribution < 1.29 is 9.84 Å². The zero-order chi connectivity index (χ0) is 8.32. The maximum absolute atomic E-state index is 8.84. The van der Waals surface area contributed by atoms with Crippen molar-refractivity contribution >= 4 is 0 Å². The highest BCUT2D eigenvalue weighted by Crippen LogP contribution is 2.32. The first-order valence-corrected chi connectivity index (χ1v) is 3.46. The molecule has 1 N–H and O–H groups in total. The predicted molar refractivity (Wildman–Crippen MR) is 38.9 cm³/mol. The number of hydrogen-bond donors (Lipinski definition) is 1. The Morgan fingerprint density at radius 1 is 1.82 bits per heavy atom. The minimum absolute atomic E-state index is 0.107. The van der Waals surface area contributed by atoms with Crippen molar-refractivity contribution in [3.05, 3.63) is 10.4 Å². The maximum atomic E-state index is 8.84. The van der Waals surface area contributed by atoms with Crippen molar-refractivity contribution in [1.82, 2.24) is 0 Å². The molecule has 0 spiro atoms. The lowest BCUT2D eigenvalue weighted by atomic mass is 9.81. The zero-order valence-corrected chi connectivity index (χ0v) is 6.40. The Labute approximate surface area is 64.6 Å². The van der Waals surface area contributed by atoms with Crippen molar-refractivity contribution in [2.45, 2.75) is 13.0 Å².